The fourth-order valence-corrected chi connectivity index (χ4v) is 6.36. The summed E-state index contributed by atoms with van der Waals surface area (Å²) in [5.74, 6) is -1.33. The Bertz CT molecular complexity index is 1420. The van der Waals surface area contributed by atoms with Crippen LogP contribution < -0.4 is 11.4 Å². The molecule has 3 saturated heterocycles. The summed E-state index contributed by atoms with van der Waals surface area (Å²) in [6.07, 6.45) is -6.56. The second-order valence-electron chi connectivity index (χ2n) is 11.0. The maximum absolute atomic E-state index is 13.5. The molecule has 1 saturated carbocycles. The lowest BCUT2D eigenvalue weighted by atomic mass is 9.78. The van der Waals surface area contributed by atoms with Crippen molar-refractivity contribution in [3.8, 4) is 5.69 Å². The smallest absolute Gasteiger partial charge is 0.352 e. The third-order valence-corrected chi connectivity index (χ3v) is 8.15. The first-order chi connectivity index (χ1) is 18.7. The van der Waals surface area contributed by atoms with Gasteiger partial charge in [-0.1, -0.05) is 23.4 Å². The van der Waals surface area contributed by atoms with Crippen LogP contribution in [-0.2, 0) is 30.3 Å². The van der Waals surface area contributed by atoms with Gasteiger partial charge in [0.2, 0.25) is 0 Å². The normalized spacial score (nSPS) is 39.5. The van der Waals surface area contributed by atoms with Gasteiger partial charge >= 0.3 is 11.4 Å². The molecule has 0 amide bonds. The van der Waals surface area contributed by atoms with E-state index in [1.807, 2.05) is 0 Å². The second-order valence-corrected chi connectivity index (χ2v) is 11.0. The van der Waals surface area contributed by atoms with Crippen molar-refractivity contribution >= 4 is 5.71 Å². The van der Waals surface area contributed by atoms with Crippen molar-refractivity contribution in [2.24, 2.45) is 11.1 Å². The first-order valence-electron chi connectivity index (χ1n) is 13.1. The number of hydrogen-bond acceptors (Lipinski definition) is 11. The van der Waals surface area contributed by atoms with Gasteiger partial charge in [0, 0.05) is 12.5 Å². The number of hydrogen-bond donors (Lipinski definition) is 3. The Balaban J connectivity index is 1.11. The van der Waals surface area contributed by atoms with E-state index >= 15 is 0 Å². The predicted molar refractivity (Wildman–Crippen MR) is 130 cm³/mol. The standard InChI is InChI=1S/C25H30N4O10/c1-25(2)38-21-17(32)18(37-22(21)39-25)13(30)10-35-26-14-12-8-9-27-23(33)28(11-6-4-3-5-7-11)24(34)29(27)15(12)16(31)20-19(14)36-20/h3-7,12-13,15-22,30-32H,8-10H2,1-2H3/t12-,13-,15+,16+,17+,18-,19-,20+,21+,22-/m1/s1. The minimum atomic E-state index is -1.23. The Kier molecular flexibility index (Phi) is 5.69. The average molecular weight is 547 g/mol. The molecule has 4 fully saturated rings. The monoisotopic (exact) mass is 546 g/mol. The molecule has 210 valence electrons. The number of nitrogens with zero attached hydrogens (tertiary/aromatic N) is 4. The van der Waals surface area contributed by atoms with Crippen molar-refractivity contribution in [1.29, 1.82) is 0 Å². The van der Waals surface area contributed by atoms with Crippen molar-refractivity contribution in [2.75, 3.05) is 6.61 Å². The summed E-state index contributed by atoms with van der Waals surface area (Å²) >= 11 is 0. The van der Waals surface area contributed by atoms with E-state index in [1.54, 1.807) is 44.2 Å². The van der Waals surface area contributed by atoms with Gasteiger partial charge in [0.05, 0.1) is 17.4 Å². The van der Waals surface area contributed by atoms with Crippen molar-refractivity contribution in [1.82, 2.24) is 13.9 Å². The first kappa shape index (κ1) is 25.1. The molecule has 1 aromatic heterocycles. The van der Waals surface area contributed by atoms with E-state index in [9.17, 15) is 24.9 Å². The molecule has 39 heavy (non-hydrogen) atoms. The van der Waals surface area contributed by atoms with Crippen molar-refractivity contribution in [2.45, 2.75) is 87.7 Å². The summed E-state index contributed by atoms with van der Waals surface area (Å²) in [7, 11) is 0. The van der Waals surface area contributed by atoms with Crippen LogP contribution >= 0.6 is 0 Å². The van der Waals surface area contributed by atoms with E-state index in [0.29, 0.717) is 17.8 Å². The molecule has 3 N–H and O–H groups in total. The highest BCUT2D eigenvalue weighted by atomic mass is 16.8. The lowest BCUT2D eigenvalue weighted by molar-refractivity contribution is -0.228. The van der Waals surface area contributed by atoms with Crippen molar-refractivity contribution in [3.63, 3.8) is 0 Å². The van der Waals surface area contributed by atoms with E-state index in [1.165, 1.54) is 9.36 Å². The number of para-hydroxylation sites is 1. The second kappa shape index (κ2) is 8.83. The van der Waals surface area contributed by atoms with Crippen molar-refractivity contribution in [3.05, 3.63) is 51.3 Å². The summed E-state index contributed by atoms with van der Waals surface area (Å²) < 4.78 is 26.4. The number of epoxide rings is 1. The van der Waals surface area contributed by atoms with Gasteiger partial charge in [-0.05, 0) is 32.4 Å². The fraction of sp³-hybridized carbons (Fsp3) is 0.640. The van der Waals surface area contributed by atoms with Crippen LogP contribution in [0.3, 0.4) is 0 Å². The third-order valence-electron chi connectivity index (χ3n) is 8.15. The molecule has 0 unspecified atom stereocenters. The molecule has 1 aliphatic carbocycles. The zero-order valence-electron chi connectivity index (χ0n) is 21.3. The number of aromatic nitrogens is 3. The Morgan fingerprint density at radius 2 is 1.85 bits per heavy atom. The predicted octanol–water partition coefficient (Wildman–Crippen LogP) is -1.53. The van der Waals surface area contributed by atoms with E-state index in [-0.39, 0.29) is 13.2 Å². The Morgan fingerprint density at radius 1 is 1.08 bits per heavy atom. The van der Waals surface area contributed by atoms with Crippen LogP contribution in [0.25, 0.3) is 5.69 Å². The SMILES string of the molecule is CC1(C)O[C@H]2O[C@H]([C@H](O)CON=C3[C@H]4CCn5c(=O)n(-c6ccccc6)c(=O)n5[C@@H]4[C@H](O)[C@@H]4O[C@H]34)[C@H](O)[C@@H]2O1. The number of fused-ring (bicyclic) bond motifs is 5. The highest BCUT2D eigenvalue weighted by Crippen LogP contribution is 2.46. The van der Waals surface area contributed by atoms with E-state index in [4.69, 9.17) is 23.8 Å². The molecule has 10 atom stereocenters. The Hall–Kier alpha value is -2.85. The molecule has 5 aliphatic rings. The van der Waals surface area contributed by atoms with Crippen LogP contribution in [0.1, 0.15) is 26.3 Å². The number of rotatable bonds is 5. The molecular formula is C25H30N4O10. The maximum Gasteiger partial charge on any atom is 0.352 e. The molecule has 0 bridgehead atoms. The zero-order valence-corrected chi connectivity index (χ0v) is 21.3. The van der Waals surface area contributed by atoms with Crippen LogP contribution in [-0.4, -0.2) is 96.4 Å². The number of oxime groups is 1. The van der Waals surface area contributed by atoms with Crippen LogP contribution in [0.2, 0.25) is 0 Å². The zero-order chi connectivity index (χ0) is 27.2. The number of aliphatic hydroxyl groups excluding tert-OH is 3. The van der Waals surface area contributed by atoms with Crippen LogP contribution in [0.4, 0.5) is 0 Å². The highest BCUT2D eigenvalue weighted by molar-refractivity contribution is 5.94. The lowest BCUT2D eigenvalue weighted by Gasteiger charge is -2.38. The number of ether oxygens (including phenoxy) is 4. The molecule has 1 aromatic carbocycles. The summed E-state index contributed by atoms with van der Waals surface area (Å²) in [5.41, 5.74) is -0.0980. The van der Waals surface area contributed by atoms with Gasteiger partial charge in [0.15, 0.2) is 12.1 Å². The minimum absolute atomic E-state index is 0.238. The summed E-state index contributed by atoms with van der Waals surface area (Å²) in [5, 5.41) is 36.5. The van der Waals surface area contributed by atoms with E-state index in [2.05, 4.69) is 5.16 Å². The third kappa shape index (κ3) is 3.85. The van der Waals surface area contributed by atoms with Crippen LogP contribution in [0.5, 0.6) is 0 Å². The quantitative estimate of drug-likeness (QED) is 0.295. The largest absolute Gasteiger partial charge is 0.393 e. The van der Waals surface area contributed by atoms with Gasteiger partial charge in [0.25, 0.3) is 0 Å². The van der Waals surface area contributed by atoms with Crippen molar-refractivity contribution < 1.29 is 39.1 Å². The van der Waals surface area contributed by atoms with E-state index < -0.39 is 78.1 Å². The molecule has 7 rings (SSSR count). The maximum atomic E-state index is 13.5. The molecule has 14 heteroatoms. The average Bonchev–Trinajstić information content (AvgIpc) is 3.50. The summed E-state index contributed by atoms with van der Waals surface area (Å²) in [4.78, 5) is 32.1. The van der Waals surface area contributed by atoms with Crippen LogP contribution in [0, 0.1) is 5.92 Å². The molecule has 5 heterocycles. The number of aliphatic hydroxyl groups is 3. The summed E-state index contributed by atoms with van der Waals surface area (Å²) in [6.45, 7) is 3.37. The molecule has 14 nitrogen and oxygen atoms in total. The van der Waals surface area contributed by atoms with Gasteiger partial charge in [-0.25, -0.2) is 23.5 Å². The van der Waals surface area contributed by atoms with Gasteiger partial charge < -0.3 is 39.1 Å². The van der Waals surface area contributed by atoms with Gasteiger partial charge in [-0.15, -0.1) is 0 Å². The van der Waals surface area contributed by atoms with Crippen LogP contribution in [0.15, 0.2) is 45.1 Å². The Labute approximate surface area is 221 Å². The molecule has 4 aliphatic heterocycles. The Morgan fingerprint density at radius 3 is 2.59 bits per heavy atom. The first-order valence-corrected chi connectivity index (χ1v) is 13.1. The molecule has 0 radical (unpaired) electrons. The van der Waals surface area contributed by atoms with E-state index in [0.717, 1.165) is 4.57 Å². The van der Waals surface area contributed by atoms with Gasteiger partial charge in [-0.3, -0.25) is 0 Å². The fourth-order valence-electron chi connectivity index (χ4n) is 6.36. The molecular weight excluding hydrogens is 516 g/mol. The van der Waals surface area contributed by atoms with Gasteiger partial charge in [0.1, 0.15) is 49.3 Å². The van der Waals surface area contributed by atoms with Gasteiger partial charge in [-0.2, -0.15) is 0 Å². The molecule has 0 spiro atoms. The number of benzene rings is 1. The lowest BCUT2D eigenvalue weighted by Crippen LogP contribution is -2.53. The summed E-state index contributed by atoms with van der Waals surface area (Å²) in [6, 6.07) is 7.84. The molecule has 2 aromatic rings. The topological polar surface area (TPSA) is 171 Å². The minimum Gasteiger partial charge on any atom is -0.393 e. The highest BCUT2D eigenvalue weighted by Gasteiger charge is 2.62.